The summed E-state index contributed by atoms with van der Waals surface area (Å²) >= 11 is 3.23. The van der Waals surface area contributed by atoms with Crippen LogP contribution in [0.3, 0.4) is 0 Å². The summed E-state index contributed by atoms with van der Waals surface area (Å²) in [4.78, 5) is 10.5. The fourth-order valence-electron chi connectivity index (χ4n) is 1.01. The van der Waals surface area contributed by atoms with Crippen molar-refractivity contribution >= 4 is 32.0 Å². The summed E-state index contributed by atoms with van der Waals surface area (Å²) in [5.41, 5.74) is 0.914. The van der Waals surface area contributed by atoms with E-state index >= 15 is 0 Å². The maximum absolute atomic E-state index is 11.7. The van der Waals surface area contributed by atoms with Crippen LogP contribution in [0.2, 0.25) is 0 Å². The van der Waals surface area contributed by atoms with Gasteiger partial charge in [-0.05, 0) is 17.7 Å². The van der Waals surface area contributed by atoms with Crippen LogP contribution in [0.15, 0.2) is 29.2 Å². The van der Waals surface area contributed by atoms with Crippen molar-refractivity contribution in [2.75, 3.05) is 7.05 Å². The molecular weight excluding hydrogens is 298 g/mol. The lowest BCUT2D eigenvalue weighted by molar-refractivity contribution is 0.178. The standard InChI is InChI=1S/C9H10BrNO4S/c1-11(9(12)13)16(14,15)8-4-2-7(6-10)3-5-8/h2-5H,6H2,1H3,(H,12,13). The van der Waals surface area contributed by atoms with Crippen molar-refractivity contribution in [1.82, 2.24) is 4.31 Å². The number of rotatable bonds is 3. The number of halogens is 1. The largest absolute Gasteiger partial charge is 0.464 e. The number of benzene rings is 1. The maximum Gasteiger partial charge on any atom is 0.421 e. The van der Waals surface area contributed by atoms with Gasteiger partial charge < -0.3 is 5.11 Å². The molecule has 1 aromatic rings. The molecule has 0 aromatic heterocycles. The minimum Gasteiger partial charge on any atom is -0.464 e. The van der Waals surface area contributed by atoms with Crippen LogP contribution < -0.4 is 0 Å². The lowest BCUT2D eigenvalue weighted by Crippen LogP contribution is -2.31. The Labute approximate surface area is 102 Å². The first-order valence-electron chi connectivity index (χ1n) is 4.26. The van der Waals surface area contributed by atoms with Crippen LogP contribution >= 0.6 is 15.9 Å². The highest BCUT2D eigenvalue weighted by Crippen LogP contribution is 2.16. The van der Waals surface area contributed by atoms with Crippen LogP contribution in [0.25, 0.3) is 0 Å². The molecule has 1 amide bonds. The third-order valence-electron chi connectivity index (χ3n) is 2.01. The molecule has 0 heterocycles. The molecule has 0 bridgehead atoms. The lowest BCUT2D eigenvalue weighted by Gasteiger charge is -2.13. The molecular formula is C9H10BrNO4S. The second-order valence-corrected chi connectivity index (χ2v) is 5.56. The second-order valence-electron chi connectivity index (χ2n) is 3.03. The van der Waals surface area contributed by atoms with Crippen LogP contribution in [0.5, 0.6) is 0 Å². The predicted octanol–water partition coefficient (Wildman–Crippen LogP) is 1.88. The fourth-order valence-corrected chi connectivity index (χ4v) is 2.39. The molecule has 0 fully saturated rings. The van der Waals surface area contributed by atoms with Gasteiger partial charge in [0.15, 0.2) is 0 Å². The Hall–Kier alpha value is -1.08. The van der Waals surface area contributed by atoms with Crippen molar-refractivity contribution < 1.29 is 18.3 Å². The van der Waals surface area contributed by atoms with Gasteiger partial charge in [-0.25, -0.2) is 17.5 Å². The first kappa shape index (κ1) is 13.0. The maximum atomic E-state index is 11.7. The van der Waals surface area contributed by atoms with E-state index in [1.165, 1.54) is 12.1 Å². The number of hydrogen-bond donors (Lipinski definition) is 1. The van der Waals surface area contributed by atoms with Crippen molar-refractivity contribution in [2.24, 2.45) is 0 Å². The van der Waals surface area contributed by atoms with Crippen molar-refractivity contribution in [3.63, 3.8) is 0 Å². The van der Waals surface area contributed by atoms with Crippen LogP contribution in [0.1, 0.15) is 5.56 Å². The summed E-state index contributed by atoms with van der Waals surface area (Å²) in [6, 6.07) is 6.01. The zero-order valence-corrected chi connectivity index (χ0v) is 10.8. The van der Waals surface area contributed by atoms with Gasteiger partial charge >= 0.3 is 6.09 Å². The van der Waals surface area contributed by atoms with Crippen molar-refractivity contribution in [2.45, 2.75) is 10.2 Å². The minimum atomic E-state index is -3.94. The summed E-state index contributed by atoms with van der Waals surface area (Å²) in [7, 11) is -2.95. The quantitative estimate of drug-likeness (QED) is 0.865. The molecule has 1 N–H and O–H groups in total. The van der Waals surface area contributed by atoms with E-state index < -0.39 is 16.1 Å². The number of sulfonamides is 1. The van der Waals surface area contributed by atoms with Gasteiger partial charge in [-0.1, -0.05) is 28.1 Å². The molecule has 0 aliphatic heterocycles. The van der Waals surface area contributed by atoms with Gasteiger partial charge in [-0.15, -0.1) is 0 Å². The van der Waals surface area contributed by atoms with E-state index in [1.807, 2.05) is 0 Å². The first-order chi connectivity index (χ1) is 7.39. The highest BCUT2D eigenvalue weighted by molar-refractivity contribution is 9.08. The fraction of sp³-hybridized carbons (Fsp3) is 0.222. The highest BCUT2D eigenvalue weighted by atomic mass is 79.9. The van der Waals surface area contributed by atoms with Gasteiger partial charge in [0, 0.05) is 12.4 Å². The Bertz CT molecular complexity index is 483. The van der Waals surface area contributed by atoms with Crippen molar-refractivity contribution in [3.8, 4) is 0 Å². The van der Waals surface area contributed by atoms with Gasteiger partial charge in [-0.2, -0.15) is 0 Å². The normalized spacial score (nSPS) is 11.1. The monoisotopic (exact) mass is 307 g/mol. The molecule has 0 saturated heterocycles. The van der Waals surface area contributed by atoms with Crippen LogP contribution in [0.4, 0.5) is 4.79 Å². The molecule has 0 unspecified atom stereocenters. The van der Waals surface area contributed by atoms with E-state index in [-0.39, 0.29) is 9.20 Å². The Morgan fingerprint density at radius 2 is 1.88 bits per heavy atom. The molecule has 1 rings (SSSR count). The highest BCUT2D eigenvalue weighted by Gasteiger charge is 2.24. The van der Waals surface area contributed by atoms with Crippen molar-refractivity contribution in [3.05, 3.63) is 29.8 Å². The van der Waals surface area contributed by atoms with E-state index in [0.29, 0.717) is 5.33 Å². The van der Waals surface area contributed by atoms with E-state index in [4.69, 9.17) is 5.11 Å². The van der Waals surface area contributed by atoms with E-state index in [2.05, 4.69) is 15.9 Å². The van der Waals surface area contributed by atoms with Crippen molar-refractivity contribution in [1.29, 1.82) is 0 Å². The van der Waals surface area contributed by atoms with Crippen LogP contribution in [-0.2, 0) is 15.4 Å². The smallest absolute Gasteiger partial charge is 0.421 e. The van der Waals surface area contributed by atoms with E-state index in [1.54, 1.807) is 12.1 Å². The van der Waals surface area contributed by atoms with Crippen LogP contribution in [0, 0.1) is 0 Å². The molecule has 0 atom stereocenters. The minimum absolute atomic E-state index is 0.0397. The average Bonchev–Trinajstić information content (AvgIpc) is 2.28. The zero-order valence-electron chi connectivity index (χ0n) is 8.42. The summed E-state index contributed by atoms with van der Waals surface area (Å²) in [5.74, 6) is 0. The molecule has 0 aliphatic carbocycles. The number of carbonyl (C=O) groups is 1. The third kappa shape index (κ3) is 2.53. The molecule has 88 valence electrons. The van der Waals surface area contributed by atoms with Crippen LogP contribution in [-0.4, -0.2) is 31.0 Å². The number of hydrogen-bond acceptors (Lipinski definition) is 3. The van der Waals surface area contributed by atoms with Gasteiger partial charge in [0.2, 0.25) is 0 Å². The molecule has 7 heteroatoms. The number of carboxylic acid groups (broad SMARTS) is 1. The van der Waals surface area contributed by atoms with Gasteiger partial charge in [0.1, 0.15) is 0 Å². The Kier molecular flexibility index (Phi) is 3.93. The summed E-state index contributed by atoms with van der Waals surface area (Å²) in [5, 5.41) is 9.23. The van der Waals surface area contributed by atoms with Gasteiger partial charge in [0.25, 0.3) is 10.0 Å². The summed E-state index contributed by atoms with van der Waals surface area (Å²) in [6.45, 7) is 0. The Morgan fingerprint density at radius 3 is 2.25 bits per heavy atom. The van der Waals surface area contributed by atoms with Gasteiger partial charge in [0.05, 0.1) is 4.90 Å². The average molecular weight is 308 g/mol. The Balaban J connectivity index is 3.13. The van der Waals surface area contributed by atoms with E-state index in [0.717, 1.165) is 12.6 Å². The lowest BCUT2D eigenvalue weighted by atomic mass is 10.2. The third-order valence-corrected chi connectivity index (χ3v) is 4.40. The van der Waals surface area contributed by atoms with E-state index in [9.17, 15) is 13.2 Å². The second kappa shape index (κ2) is 4.84. The molecule has 0 saturated carbocycles. The summed E-state index contributed by atoms with van der Waals surface area (Å²) < 4.78 is 23.7. The Morgan fingerprint density at radius 1 is 1.38 bits per heavy atom. The SMILES string of the molecule is CN(C(=O)O)S(=O)(=O)c1ccc(CBr)cc1. The molecule has 0 spiro atoms. The van der Waals surface area contributed by atoms with Gasteiger partial charge in [-0.3, -0.25) is 0 Å². The first-order valence-corrected chi connectivity index (χ1v) is 6.82. The predicted molar refractivity (Wildman–Crippen MR) is 62.0 cm³/mol. The number of nitrogens with zero attached hydrogens (tertiary/aromatic N) is 1. The topological polar surface area (TPSA) is 74.7 Å². The summed E-state index contributed by atoms with van der Waals surface area (Å²) in [6.07, 6.45) is -1.51. The molecule has 5 nitrogen and oxygen atoms in total. The number of alkyl halides is 1. The molecule has 1 aromatic carbocycles. The molecule has 16 heavy (non-hydrogen) atoms. The molecule has 0 radical (unpaired) electrons. The number of amides is 1. The molecule has 0 aliphatic rings. The zero-order chi connectivity index (χ0) is 12.3.